The van der Waals surface area contributed by atoms with Crippen LogP contribution in [0.15, 0.2) is 18.2 Å². The number of halogens is 1. The molecule has 1 rings (SSSR count). The van der Waals surface area contributed by atoms with Gasteiger partial charge in [0, 0.05) is 0 Å². The third-order valence-electron chi connectivity index (χ3n) is 2.42. The number of nitrogens with two attached hydrogens (primary N) is 1. The first kappa shape index (κ1) is 14.1. The van der Waals surface area contributed by atoms with Crippen molar-refractivity contribution in [3.8, 4) is 0 Å². The van der Waals surface area contributed by atoms with Gasteiger partial charge in [0.05, 0.1) is 6.54 Å². The molecule has 6 heteroatoms. The second kappa shape index (κ2) is 6.70. The predicted octanol–water partition coefficient (Wildman–Crippen LogP) is 0.461. The highest BCUT2D eigenvalue weighted by atomic mass is 19.1. The lowest BCUT2D eigenvalue weighted by Crippen LogP contribution is -2.40. The van der Waals surface area contributed by atoms with Crippen LogP contribution >= 0.6 is 0 Å². The molecule has 1 aromatic rings. The van der Waals surface area contributed by atoms with Crippen molar-refractivity contribution < 1.29 is 14.0 Å². The molecule has 0 radical (unpaired) electrons. The van der Waals surface area contributed by atoms with Crippen LogP contribution in [0.3, 0.4) is 0 Å². The van der Waals surface area contributed by atoms with Crippen LogP contribution in [0.2, 0.25) is 0 Å². The molecule has 0 fully saturated rings. The van der Waals surface area contributed by atoms with E-state index in [4.69, 9.17) is 5.73 Å². The lowest BCUT2D eigenvalue weighted by Gasteiger charge is -2.07. The van der Waals surface area contributed by atoms with E-state index >= 15 is 0 Å². The molecule has 0 saturated heterocycles. The molecular formula is C12H16FN3O2. The molecule has 0 atom stereocenters. The summed E-state index contributed by atoms with van der Waals surface area (Å²) < 4.78 is 12.9. The highest BCUT2D eigenvalue weighted by Gasteiger charge is 2.04. The van der Waals surface area contributed by atoms with E-state index in [1.54, 1.807) is 6.07 Å². The van der Waals surface area contributed by atoms with Crippen LogP contribution in [0.5, 0.6) is 0 Å². The molecule has 0 aliphatic carbocycles. The quantitative estimate of drug-likeness (QED) is 0.666. The van der Waals surface area contributed by atoms with Crippen LogP contribution < -0.4 is 16.4 Å². The van der Waals surface area contributed by atoms with Crippen molar-refractivity contribution >= 4 is 11.9 Å². The van der Waals surface area contributed by atoms with Gasteiger partial charge in [0.15, 0.2) is 0 Å². The first-order chi connectivity index (χ1) is 8.49. The van der Waals surface area contributed by atoms with Crippen LogP contribution in [0.1, 0.15) is 11.1 Å². The zero-order chi connectivity index (χ0) is 13.5. The van der Waals surface area contributed by atoms with Gasteiger partial charge in [-0.3, -0.25) is 10.1 Å². The van der Waals surface area contributed by atoms with Crippen molar-refractivity contribution in [3.05, 3.63) is 35.1 Å². The number of primary amides is 1. The number of urea groups is 1. The standard InChI is InChI=1S/C12H16FN3O2/c1-8-6-10(13)3-2-9(8)4-5-15-7-11(17)16-12(14)18/h2-3,6,15H,4-5,7H2,1H3,(H3,14,16,17,18). The molecular weight excluding hydrogens is 237 g/mol. The Bertz CT molecular complexity index is 449. The number of aryl methyl sites for hydroxylation is 1. The van der Waals surface area contributed by atoms with E-state index in [9.17, 15) is 14.0 Å². The Kier molecular flexibility index (Phi) is 5.26. The number of imide groups is 1. The summed E-state index contributed by atoms with van der Waals surface area (Å²) in [7, 11) is 0. The van der Waals surface area contributed by atoms with Gasteiger partial charge in [0.1, 0.15) is 5.82 Å². The molecule has 0 heterocycles. The summed E-state index contributed by atoms with van der Waals surface area (Å²) in [5, 5.41) is 4.82. The summed E-state index contributed by atoms with van der Waals surface area (Å²) in [6.45, 7) is 2.40. The molecule has 3 amide bonds. The maximum absolute atomic E-state index is 12.9. The number of carbonyl (C=O) groups excluding carboxylic acids is 2. The molecule has 0 aliphatic heterocycles. The van der Waals surface area contributed by atoms with Gasteiger partial charge in [0.25, 0.3) is 0 Å². The molecule has 18 heavy (non-hydrogen) atoms. The minimum Gasteiger partial charge on any atom is -0.351 e. The molecule has 0 spiro atoms. The third kappa shape index (κ3) is 4.92. The second-order valence-electron chi connectivity index (χ2n) is 3.91. The van der Waals surface area contributed by atoms with E-state index in [2.05, 4.69) is 5.32 Å². The molecule has 1 aromatic carbocycles. The minimum absolute atomic E-state index is 0.0170. The zero-order valence-corrected chi connectivity index (χ0v) is 10.1. The van der Waals surface area contributed by atoms with E-state index in [0.29, 0.717) is 13.0 Å². The van der Waals surface area contributed by atoms with E-state index < -0.39 is 11.9 Å². The summed E-state index contributed by atoms with van der Waals surface area (Å²) in [6, 6.07) is 3.73. The van der Waals surface area contributed by atoms with Crippen molar-refractivity contribution in [2.75, 3.05) is 13.1 Å². The Morgan fingerprint density at radius 1 is 1.39 bits per heavy atom. The summed E-state index contributed by atoms with van der Waals surface area (Å²) in [6.07, 6.45) is 0.677. The average Bonchev–Trinajstić information content (AvgIpc) is 2.25. The smallest absolute Gasteiger partial charge is 0.318 e. The fraction of sp³-hybridized carbons (Fsp3) is 0.333. The van der Waals surface area contributed by atoms with Gasteiger partial charge in [-0.05, 0) is 43.1 Å². The zero-order valence-electron chi connectivity index (χ0n) is 10.1. The molecule has 0 bridgehead atoms. The molecule has 4 N–H and O–H groups in total. The Morgan fingerprint density at radius 2 is 2.11 bits per heavy atom. The largest absolute Gasteiger partial charge is 0.351 e. The number of rotatable bonds is 5. The second-order valence-corrected chi connectivity index (χ2v) is 3.91. The van der Waals surface area contributed by atoms with Crippen LogP contribution in [0.4, 0.5) is 9.18 Å². The fourth-order valence-corrected chi connectivity index (χ4v) is 1.55. The molecule has 0 saturated carbocycles. The fourth-order valence-electron chi connectivity index (χ4n) is 1.55. The van der Waals surface area contributed by atoms with Crippen molar-refractivity contribution in [1.82, 2.24) is 10.6 Å². The van der Waals surface area contributed by atoms with Gasteiger partial charge in [-0.15, -0.1) is 0 Å². The van der Waals surface area contributed by atoms with E-state index in [0.717, 1.165) is 11.1 Å². The minimum atomic E-state index is -0.865. The topological polar surface area (TPSA) is 84.2 Å². The Morgan fingerprint density at radius 3 is 2.72 bits per heavy atom. The lowest BCUT2D eigenvalue weighted by atomic mass is 10.1. The lowest BCUT2D eigenvalue weighted by molar-refractivity contribution is -0.119. The Balaban J connectivity index is 2.29. The number of amides is 3. The van der Waals surface area contributed by atoms with Gasteiger partial charge < -0.3 is 11.1 Å². The summed E-state index contributed by atoms with van der Waals surface area (Å²) in [5.74, 6) is -0.733. The number of hydrogen-bond acceptors (Lipinski definition) is 3. The summed E-state index contributed by atoms with van der Waals surface area (Å²) in [5.41, 5.74) is 6.68. The van der Waals surface area contributed by atoms with Gasteiger partial charge >= 0.3 is 6.03 Å². The van der Waals surface area contributed by atoms with Crippen molar-refractivity contribution in [2.45, 2.75) is 13.3 Å². The maximum Gasteiger partial charge on any atom is 0.318 e. The van der Waals surface area contributed by atoms with Gasteiger partial charge in [-0.1, -0.05) is 6.07 Å². The van der Waals surface area contributed by atoms with Crippen LogP contribution in [-0.2, 0) is 11.2 Å². The van der Waals surface area contributed by atoms with Crippen LogP contribution in [0, 0.1) is 12.7 Å². The van der Waals surface area contributed by atoms with Crippen molar-refractivity contribution in [1.29, 1.82) is 0 Å². The number of benzene rings is 1. The van der Waals surface area contributed by atoms with Gasteiger partial charge in [-0.25, -0.2) is 9.18 Å². The van der Waals surface area contributed by atoms with E-state index in [1.807, 2.05) is 12.2 Å². The highest BCUT2D eigenvalue weighted by Crippen LogP contribution is 2.10. The normalized spacial score (nSPS) is 10.1. The Hall–Kier alpha value is -1.95. The van der Waals surface area contributed by atoms with Crippen molar-refractivity contribution in [3.63, 3.8) is 0 Å². The molecule has 0 unspecified atom stereocenters. The van der Waals surface area contributed by atoms with Gasteiger partial charge in [-0.2, -0.15) is 0 Å². The van der Waals surface area contributed by atoms with Crippen LogP contribution in [-0.4, -0.2) is 25.0 Å². The highest BCUT2D eigenvalue weighted by molar-refractivity contribution is 5.94. The Labute approximate surface area is 105 Å². The molecule has 0 aromatic heterocycles. The number of carbonyl (C=O) groups is 2. The first-order valence-electron chi connectivity index (χ1n) is 5.54. The maximum atomic E-state index is 12.9. The average molecular weight is 253 g/mol. The molecule has 5 nitrogen and oxygen atoms in total. The van der Waals surface area contributed by atoms with E-state index in [-0.39, 0.29) is 12.4 Å². The molecule has 0 aliphatic rings. The molecule has 98 valence electrons. The van der Waals surface area contributed by atoms with E-state index in [1.165, 1.54) is 12.1 Å². The predicted molar refractivity (Wildman–Crippen MR) is 65.4 cm³/mol. The van der Waals surface area contributed by atoms with Gasteiger partial charge in [0.2, 0.25) is 5.91 Å². The monoisotopic (exact) mass is 253 g/mol. The first-order valence-corrected chi connectivity index (χ1v) is 5.54. The number of nitrogens with one attached hydrogen (secondary N) is 2. The third-order valence-corrected chi connectivity index (χ3v) is 2.42. The van der Waals surface area contributed by atoms with Crippen molar-refractivity contribution in [2.24, 2.45) is 5.73 Å². The van der Waals surface area contributed by atoms with Crippen LogP contribution in [0.25, 0.3) is 0 Å². The summed E-state index contributed by atoms with van der Waals surface area (Å²) >= 11 is 0. The number of hydrogen-bond donors (Lipinski definition) is 3. The SMILES string of the molecule is Cc1cc(F)ccc1CCNCC(=O)NC(N)=O. The summed E-state index contributed by atoms with van der Waals surface area (Å²) in [4.78, 5) is 21.4.